The van der Waals surface area contributed by atoms with E-state index in [1.165, 1.54) is 44.2 Å². The highest BCUT2D eigenvalue weighted by Crippen LogP contribution is 2.10. The van der Waals surface area contributed by atoms with Crippen LogP contribution in [0.1, 0.15) is 70.8 Å². The Morgan fingerprint density at radius 1 is 1.16 bits per heavy atom. The predicted octanol–water partition coefficient (Wildman–Crippen LogP) is 4.05. The largest absolute Gasteiger partial charge is 0.331 e. The predicted molar refractivity (Wildman–Crippen MR) is 82.3 cm³/mol. The van der Waals surface area contributed by atoms with E-state index < -0.39 is 0 Å². The molecule has 0 saturated carbocycles. The summed E-state index contributed by atoms with van der Waals surface area (Å²) in [5, 5.41) is 3.47. The lowest BCUT2D eigenvalue weighted by Gasteiger charge is -2.12. The van der Waals surface area contributed by atoms with Crippen molar-refractivity contribution in [1.82, 2.24) is 14.9 Å². The van der Waals surface area contributed by atoms with E-state index in [-0.39, 0.29) is 0 Å². The van der Waals surface area contributed by atoms with Gasteiger partial charge < -0.3 is 9.88 Å². The number of nitrogens with one attached hydrogen (secondary N) is 1. The number of rotatable bonds is 10. The minimum atomic E-state index is 0.526. The first-order chi connectivity index (χ1) is 9.15. The molecule has 110 valence electrons. The maximum Gasteiger partial charge on any atom is 0.105 e. The summed E-state index contributed by atoms with van der Waals surface area (Å²) >= 11 is 0. The smallest absolute Gasteiger partial charge is 0.105 e. The highest BCUT2D eigenvalue weighted by Gasteiger charge is 2.06. The summed E-state index contributed by atoms with van der Waals surface area (Å²) in [6.45, 7) is 10.8. The zero-order valence-corrected chi connectivity index (χ0v) is 13.2. The molecule has 3 nitrogen and oxygen atoms in total. The first kappa shape index (κ1) is 16.2. The van der Waals surface area contributed by atoms with Crippen molar-refractivity contribution in [3.63, 3.8) is 0 Å². The van der Waals surface area contributed by atoms with Gasteiger partial charge in [0.1, 0.15) is 5.82 Å². The highest BCUT2D eigenvalue weighted by atomic mass is 15.1. The Morgan fingerprint density at radius 3 is 2.53 bits per heavy atom. The van der Waals surface area contributed by atoms with E-state index in [1.807, 2.05) is 6.20 Å². The second-order valence-electron chi connectivity index (χ2n) is 5.75. The Bertz CT molecular complexity index is 342. The van der Waals surface area contributed by atoms with Crippen LogP contribution in [0, 0.1) is 6.92 Å². The fraction of sp³-hybridized carbons (Fsp3) is 0.812. The molecule has 0 radical (unpaired) electrons. The third kappa shape index (κ3) is 6.24. The summed E-state index contributed by atoms with van der Waals surface area (Å²) in [6.07, 6.45) is 10.1. The maximum absolute atomic E-state index is 4.45. The van der Waals surface area contributed by atoms with Crippen molar-refractivity contribution >= 4 is 0 Å². The second kappa shape index (κ2) is 9.13. The lowest BCUT2D eigenvalue weighted by atomic mass is 10.1. The van der Waals surface area contributed by atoms with E-state index in [2.05, 4.69) is 42.6 Å². The van der Waals surface area contributed by atoms with Crippen LogP contribution in [-0.2, 0) is 13.1 Å². The molecule has 0 aliphatic rings. The first-order valence-corrected chi connectivity index (χ1v) is 7.89. The Balaban J connectivity index is 2.33. The standard InChI is InChI=1S/C16H31N3/c1-5-6-7-8-9-10-11-19-15(4)18-13-16(19)12-17-14(2)3/h13-14,17H,5-12H2,1-4H3. The van der Waals surface area contributed by atoms with Crippen LogP contribution in [0.4, 0.5) is 0 Å². The number of aryl methyl sites for hydroxylation is 1. The third-order valence-electron chi connectivity index (χ3n) is 3.56. The van der Waals surface area contributed by atoms with Crippen LogP contribution < -0.4 is 5.32 Å². The molecule has 0 spiro atoms. The van der Waals surface area contributed by atoms with E-state index in [0.29, 0.717) is 6.04 Å². The van der Waals surface area contributed by atoms with Crippen molar-refractivity contribution in [2.24, 2.45) is 0 Å². The van der Waals surface area contributed by atoms with Crippen molar-refractivity contribution in [2.75, 3.05) is 0 Å². The van der Waals surface area contributed by atoms with Crippen LogP contribution in [0.25, 0.3) is 0 Å². The third-order valence-corrected chi connectivity index (χ3v) is 3.56. The molecule has 1 heterocycles. The SMILES string of the molecule is CCCCCCCCn1c(CNC(C)C)cnc1C. The molecule has 0 fully saturated rings. The molecule has 1 rings (SSSR count). The molecule has 0 aliphatic carbocycles. The van der Waals surface area contributed by atoms with Crippen molar-refractivity contribution in [3.8, 4) is 0 Å². The Kier molecular flexibility index (Phi) is 7.80. The van der Waals surface area contributed by atoms with E-state index >= 15 is 0 Å². The first-order valence-electron chi connectivity index (χ1n) is 7.89. The quantitative estimate of drug-likeness (QED) is 0.647. The molecule has 0 atom stereocenters. The average molecular weight is 265 g/mol. The molecule has 1 aromatic rings. The molecule has 0 unspecified atom stereocenters. The number of imidazole rings is 1. The van der Waals surface area contributed by atoms with Crippen molar-refractivity contribution in [3.05, 3.63) is 17.7 Å². The van der Waals surface area contributed by atoms with Gasteiger partial charge in [-0.2, -0.15) is 0 Å². The summed E-state index contributed by atoms with van der Waals surface area (Å²) in [5.74, 6) is 1.15. The van der Waals surface area contributed by atoms with Crippen molar-refractivity contribution in [2.45, 2.75) is 85.4 Å². The van der Waals surface area contributed by atoms with Gasteiger partial charge in [-0.1, -0.05) is 52.9 Å². The minimum Gasteiger partial charge on any atom is -0.331 e. The van der Waals surface area contributed by atoms with E-state index in [1.54, 1.807) is 0 Å². The van der Waals surface area contributed by atoms with Crippen molar-refractivity contribution < 1.29 is 0 Å². The Morgan fingerprint density at radius 2 is 1.84 bits per heavy atom. The van der Waals surface area contributed by atoms with Crippen molar-refractivity contribution in [1.29, 1.82) is 0 Å². The molecule has 0 saturated heterocycles. The highest BCUT2D eigenvalue weighted by molar-refractivity contribution is 5.04. The molecule has 0 aliphatic heterocycles. The normalized spacial score (nSPS) is 11.4. The van der Waals surface area contributed by atoms with E-state index in [0.717, 1.165) is 18.9 Å². The molecule has 19 heavy (non-hydrogen) atoms. The monoisotopic (exact) mass is 265 g/mol. The van der Waals surface area contributed by atoms with Crippen LogP contribution in [0.5, 0.6) is 0 Å². The summed E-state index contributed by atoms with van der Waals surface area (Å²) in [5.41, 5.74) is 1.32. The minimum absolute atomic E-state index is 0.526. The molecule has 0 aromatic carbocycles. The summed E-state index contributed by atoms with van der Waals surface area (Å²) in [4.78, 5) is 4.45. The molecule has 3 heteroatoms. The van der Waals surface area contributed by atoms with Gasteiger partial charge in [-0.25, -0.2) is 4.98 Å². The molecule has 1 N–H and O–H groups in total. The van der Waals surface area contributed by atoms with Crippen LogP contribution in [0.3, 0.4) is 0 Å². The van der Waals surface area contributed by atoms with Crippen LogP contribution in [0.2, 0.25) is 0 Å². The van der Waals surface area contributed by atoms with Gasteiger partial charge in [0, 0.05) is 25.3 Å². The number of hydrogen-bond donors (Lipinski definition) is 1. The number of unbranched alkanes of at least 4 members (excludes halogenated alkanes) is 5. The zero-order valence-electron chi connectivity index (χ0n) is 13.2. The average Bonchev–Trinajstić information content (AvgIpc) is 2.72. The van der Waals surface area contributed by atoms with Crippen LogP contribution in [-0.4, -0.2) is 15.6 Å². The lowest BCUT2D eigenvalue weighted by Crippen LogP contribution is -2.23. The molecular formula is C16H31N3. The number of nitrogens with zero attached hydrogens (tertiary/aromatic N) is 2. The van der Waals surface area contributed by atoms with E-state index in [9.17, 15) is 0 Å². The fourth-order valence-electron chi connectivity index (χ4n) is 2.32. The molecular weight excluding hydrogens is 234 g/mol. The van der Waals surface area contributed by atoms with Gasteiger partial charge >= 0.3 is 0 Å². The summed E-state index contributed by atoms with van der Waals surface area (Å²) < 4.78 is 2.37. The summed E-state index contributed by atoms with van der Waals surface area (Å²) in [6, 6.07) is 0.526. The maximum atomic E-state index is 4.45. The van der Waals surface area contributed by atoms with Gasteiger partial charge in [0.2, 0.25) is 0 Å². The second-order valence-corrected chi connectivity index (χ2v) is 5.75. The van der Waals surface area contributed by atoms with Crippen LogP contribution >= 0.6 is 0 Å². The van der Waals surface area contributed by atoms with Gasteiger partial charge in [-0.05, 0) is 13.3 Å². The fourth-order valence-corrected chi connectivity index (χ4v) is 2.32. The van der Waals surface area contributed by atoms with Gasteiger partial charge in [0.15, 0.2) is 0 Å². The van der Waals surface area contributed by atoms with Gasteiger partial charge in [0.25, 0.3) is 0 Å². The van der Waals surface area contributed by atoms with Gasteiger partial charge in [-0.15, -0.1) is 0 Å². The van der Waals surface area contributed by atoms with E-state index in [4.69, 9.17) is 0 Å². The number of aromatic nitrogens is 2. The van der Waals surface area contributed by atoms with Gasteiger partial charge in [0.05, 0.1) is 5.69 Å². The zero-order chi connectivity index (χ0) is 14.1. The van der Waals surface area contributed by atoms with Crippen LogP contribution in [0.15, 0.2) is 6.20 Å². The van der Waals surface area contributed by atoms with Gasteiger partial charge in [-0.3, -0.25) is 0 Å². The summed E-state index contributed by atoms with van der Waals surface area (Å²) in [7, 11) is 0. The lowest BCUT2D eigenvalue weighted by molar-refractivity contribution is 0.518. The Labute approximate surface area is 118 Å². The molecule has 1 aromatic heterocycles. The molecule has 0 amide bonds. The molecule has 0 bridgehead atoms. The Hall–Kier alpha value is -0.830. The number of hydrogen-bond acceptors (Lipinski definition) is 2. The topological polar surface area (TPSA) is 29.9 Å².